The molecule has 4 heteroatoms. The molecule has 166 valence electrons. The van der Waals surface area contributed by atoms with Crippen LogP contribution in [0, 0.1) is 11.3 Å². The van der Waals surface area contributed by atoms with Crippen LogP contribution >= 0.6 is 0 Å². The van der Waals surface area contributed by atoms with Crippen molar-refractivity contribution in [1.82, 2.24) is 4.90 Å². The monoisotopic (exact) mass is 421 g/mol. The highest BCUT2D eigenvalue weighted by molar-refractivity contribution is 5.84. The molecule has 2 aromatic carbocycles. The van der Waals surface area contributed by atoms with Crippen LogP contribution in [-0.4, -0.2) is 35.2 Å². The van der Waals surface area contributed by atoms with Crippen LogP contribution in [-0.2, 0) is 11.3 Å². The number of likely N-dealkylation sites (tertiary alicyclic amines) is 1. The number of hydrogen-bond donors (Lipinski definition) is 1. The van der Waals surface area contributed by atoms with Crippen LogP contribution in [0.1, 0.15) is 69.8 Å². The van der Waals surface area contributed by atoms with Crippen LogP contribution in [0.2, 0.25) is 0 Å². The van der Waals surface area contributed by atoms with Crippen molar-refractivity contribution in [3.8, 4) is 5.75 Å². The highest BCUT2D eigenvalue weighted by Gasteiger charge is 2.38. The predicted octanol–water partition coefficient (Wildman–Crippen LogP) is 6.02. The molecule has 1 saturated heterocycles. The molecule has 0 amide bonds. The summed E-state index contributed by atoms with van der Waals surface area (Å²) in [5.41, 5.74) is 1.95. The first-order valence-corrected chi connectivity index (χ1v) is 12.2. The topological polar surface area (TPSA) is 49.8 Å². The molecule has 2 aromatic rings. The van der Waals surface area contributed by atoms with Gasteiger partial charge in [0, 0.05) is 6.54 Å². The zero-order valence-electron chi connectivity index (χ0n) is 18.5. The van der Waals surface area contributed by atoms with Crippen molar-refractivity contribution in [2.75, 3.05) is 13.1 Å². The maximum absolute atomic E-state index is 11.1. The fourth-order valence-corrected chi connectivity index (χ4v) is 6.18. The van der Waals surface area contributed by atoms with Gasteiger partial charge in [-0.05, 0) is 104 Å². The van der Waals surface area contributed by atoms with E-state index in [9.17, 15) is 9.90 Å². The molecule has 4 nitrogen and oxygen atoms in total. The van der Waals surface area contributed by atoms with Crippen molar-refractivity contribution < 1.29 is 14.6 Å². The number of carboxylic acids is 1. The highest BCUT2D eigenvalue weighted by Crippen LogP contribution is 2.49. The van der Waals surface area contributed by atoms with Crippen LogP contribution in [0.15, 0.2) is 36.4 Å². The minimum absolute atomic E-state index is 0.167. The lowest BCUT2D eigenvalue weighted by molar-refractivity contribution is -0.143. The zero-order valence-corrected chi connectivity index (χ0v) is 18.5. The Morgan fingerprint density at radius 2 is 1.61 bits per heavy atom. The largest absolute Gasteiger partial charge is 0.490 e. The van der Waals surface area contributed by atoms with Crippen LogP contribution in [0.3, 0.4) is 0 Å². The number of benzene rings is 2. The van der Waals surface area contributed by atoms with E-state index < -0.39 is 5.97 Å². The second-order valence-corrected chi connectivity index (χ2v) is 10.3. The molecule has 5 rings (SSSR count). The fraction of sp³-hybridized carbons (Fsp3) is 0.593. The Hall–Kier alpha value is -2.07. The molecule has 3 aliphatic rings. The first-order chi connectivity index (χ1) is 15.1. The molecule has 31 heavy (non-hydrogen) atoms. The number of aliphatic carboxylic acids is 1. The van der Waals surface area contributed by atoms with Crippen molar-refractivity contribution in [2.24, 2.45) is 11.3 Å². The van der Waals surface area contributed by atoms with Crippen molar-refractivity contribution in [2.45, 2.75) is 76.9 Å². The van der Waals surface area contributed by atoms with Gasteiger partial charge in [0.1, 0.15) is 5.75 Å². The first kappa shape index (κ1) is 20.8. The third-order valence-corrected chi connectivity index (χ3v) is 8.18. The summed E-state index contributed by atoms with van der Waals surface area (Å²) in [4.78, 5) is 13.5. The van der Waals surface area contributed by atoms with Crippen molar-refractivity contribution in [3.05, 3.63) is 42.0 Å². The molecule has 1 N–H and O–H groups in total. The lowest BCUT2D eigenvalue weighted by Gasteiger charge is -2.37. The van der Waals surface area contributed by atoms with Gasteiger partial charge in [-0.1, -0.05) is 31.0 Å². The van der Waals surface area contributed by atoms with Crippen LogP contribution in [0.4, 0.5) is 0 Å². The third-order valence-electron chi connectivity index (χ3n) is 8.18. The summed E-state index contributed by atoms with van der Waals surface area (Å²) in [6.45, 7) is 2.62. The normalized spacial score (nSPS) is 22.8. The Morgan fingerprint density at radius 3 is 2.32 bits per heavy atom. The molecule has 0 bridgehead atoms. The van der Waals surface area contributed by atoms with Crippen LogP contribution < -0.4 is 4.74 Å². The van der Waals surface area contributed by atoms with Gasteiger partial charge in [-0.2, -0.15) is 0 Å². The number of carbonyl (C=O) groups is 1. The van der Waals surface area contributed by atoms with Crippen LogP contribution in [0.5, 0.6) is 5.75 Å². The van der Waals surface area contributed by atoms with Gasteiger partial charge in [-0.15, -0.1) is 0 Å². The maximum Gasteiger partial charge on any atom is 0.306 e. The van der Waals surface area contributed by atoms with Gasteiger partial charge in [0.05, 0.1) is 12.0 Å². The van der Waals surface area contributed by atoms with Crippen LogP contribution in [0.25, 0.3) is 10.8 Å². The van der Waals surface area contributed by atoms with E-state index in [-0.39, 0.29) is 5.92 Å². The second-order valence-electron chi connectivity index (χ2n) is 10.3. The molecule has 1 spiro atoms. The van der Waals surface area contributed by atoms with Gasteiger partial charge in [-0.25, -0.2) is 0 Å². The quantitative estimate of drug-likeness (QED) is 0.641. The summed E-state index contributed by atoms with van der Waals surface area (Å²) in [5.74, 6) is 0.192. The lowest BCUT2D eigenvalue weighted by Crippen LogP contribution is -2.35. The Labute approximate surface area is 185 Å². The molecular weight excluding hydrogens is 386 g/mol. The summed E-state index contributed by atoms with van der Waals surface area (Å²) >= 11 is 0. The van der Waals surface area contributed by atoms with Crippen molar-refractivity contribution >= 4 is 16.7 Å². The minimum atomic E-state index is -0.644. The summed E-state index contributed by atoms with van der Waals surface area (Å²) in [7, 11) is 0. The van der Waals surface area contributed by atoms with E-state index in [2.05, 4.69) is 41.3 Å². The maximum atomic E-state index is 11.1. The molecule has 0 unspecified atom stereocenters. The Morgan fingerprint density at radius 1 is 0.935 bits per heavy atom. The Kier molecular flexibility index (Phi) is 5.92. The molecule has 3 fully saturated rings. The average molecular weight is 422 g/mol. The van der Waals surface area contributed by atoms with Gasteiger partial charge in [0.15, 0.2) is 0 Å². The number of fused-ring (bicyclic) bond motifs is 1. The van der Waals surface area contributed by atoms with Gasteiger partial charge in [-0.3, -0.25) is 9.69 Å². The number of carboxylic acid groups (broad SMARTS) is 1. The van der Waals surface area contributed by atoms with E-state index in [0.717, 1.165) is 38.2 Å². The van der Waals surface area contributed by atoms with E-state index in [4.69, 9.17) is 4.74 Å². The van der Waals surface area contributed by atoms with E-state index in [1.807, 2.05) is 0 Å². The Bertz CT molecular complexity index is 915. The molecule has 0 atom stereocenters. The number of rotatable bonds is 5. The number of nitrogens with zero attached hydrogens (tertiary/aromatic N) is 1. The van der Waals surface area contributed by atoms with Crippen molar-refractivity contribution in [1.29, 1.82) is 0 Å². The summed E-state index contributed by atoms with van der Waals surface area (Å²) < 4.78 is 6.39. The van der Waals surface area contributed by atoms with E-state index in [1.165, 1.54) is 67.7 Å². The third kappa shape index (κ3) is 4.74. The molecule has 0 aromatic heterocycles. The zero-order chi connectivity index (χ0) is 21.3. The van der Waals surface area contributed by atoms with Gasteiger partial charge in [0.25, 0.3) is 0 Å². The van der Waals surface area contributed by atoms with E-state index in [0.29, 0.717) is 11.5 Å². The molecular formula is C27H35NO3. The SMILES string of the molecule is O=C(O)C1CCN(Cc2ccc3cc(OC4CCC5(CCCC5)CC4)ccc3c2)CC1. The average Bonchev–Trinajstić information content (AvgIpc) is 3.24. The number of hydrogen-bond acceptors (Lipinski definition) is 3. The summed E-state index contributed by atoms with van der Waals surface area (Å²) in [6, 6.07) is 13.2. The molecule has 2 saturated carbocycles. The van der Waals surface area contributed by atoms with Gasteiger partial charge in [0.2, 0.25) is 0 Å². The van der Waals surface area contributed by atoms with Gasteiger partial charge >= 0.3 is 5.97 Å². The highest BCUT2D eigenvalue weighted by atomic mass is 16.5. The first-order valence-electron chi connectivity index (χ1n) is 12.2. The fourth-order valence-electron chi connectivity index (χ4n) is 6.18. The Balaban J connectivity index is 1.18. The number of ether oxygens (including phenoxy) is 1. The standard InChI is InChI=1S/C27H35NO3/c29-26(30)21-9-15-28(16-10-21)19-20-3-4-23-18-25(6-5-22(23)17-20)31-24-7-13-27(14-8-24)11-1-2-12-27/h3-6,17-18,21,24H,1-2,7-16,19H2,(H,29,30). The minimum Gasteiger partial charge on any atom is -0.490 e. The summed E-state index contributed by atoms with van der Waals surface area (Å²) in [5, 5.41) is 11.7. The van der Waals surface area contributed by atoms with E-state index in [1.54, 1.807) is 0 Å². The predicted molar refractivity (Wildman–Crippen MR) is 123 cm³/mol. The second kappa shape index (κ2) is 8.82. The van der Waals surface area contributed by atoms with E-state index >= 15 is 0 Å². The molecule has 2 aliphatic carbocycles. The number of piperidine rings is 1. The van der Waals surface area contributed by atoms with Crippen molar-refractivity contribution in [3.63, 3.8) is 0 Å². The molecule has 1 aliphatic heterocycles. The summed E-state index contributed by atoms with van der Waals surface area (Å²) in [6.07, 6.45) is 12.7. The van der Waals surface area contributed by atoms with Gasteiger partial charge < -0.3 is 9.84 Å². The smallest absolute Gasteiger partial charge is 0.306 e. The molecule has 1 heterocycles. The lowest BCUT2D eigenvalue weighted by atomic mass is 9.72. The molecule has 0 radical (unpaired) electrons.